The van der Waals surface area contributed by atoms with E-state index in [1.807, 2.05) is 13.8 Å². The highest BCUT2D eigenvalue weighted by molar-refractivity contribution is 7.89. The molecule has 1 aromatic heterocycles. The van der Waals surface area contributed by atoms with Crippen LogP contribution >= 0.6 is 11.6 Å². The van der Waals surface area contributed by atoms with Gasteiger partial charge in [0.2, 0.25) is 15.3 Å². The molecule has 2 atom stereocenters. The predicted molar refractivity (Wildman–Crippen MR) is 64.2 cm³/mol. The fourth-order valence-corrected chi connectivity index (χ4v) is 3.92. The minimum Gasteiger partial charge on any atom is -0.225 e. The van der Waals surface area contributed by atoms with Crippen LogP contribution in [0.1, 0.15) is 20.3 Å². The van der Waals surface area contributed by atoms with Crippen molar-refractivity contribution in [3.8, 4) is 0 Å². The molecule has 0 aliphatic carbocycles. The molecule has 7 heteroatoms. The Morgan fingerprint density at radius 2 is 1.94 bits per heavy atom. The van der Waals surface area contributed by atoms with Crippen LogP contribution in [-0.2, 0) is 10.0 Å². The molecule has 0 saturated carbocycles. The van der Waals surface area contributed by atoms with Crippen molar-refractivity contribution in [2.45, 2.75) is 31.2 Å². The smallest absolute Gasteiger partial charge is 0.225 e. The van der Waals surface area contributed by atoms with Crippen molar-refractivity contribution in [3.63, 3.8) is 0 Å². The molecule has 2 rings (SSSR count). The van der Waals surface area contributed by atoms with Gasteiger partial charge in [-0.25, -0.2) is 18.4 Å². The van der Waals surface area contributed by atoms with E-state index >= 15 is 0 Å². The second kappa shape index (κ2) is 4.51. The number of sulfonamides is 1. The summed E-state index contributed by atoms with van der Waals surface area (Å²) in [6.07, 6.45) is 3.38. The third-order valence-electron chi connectivity index (χ3n) is 2.93. The van der Waals surface area contributed by atoms with Crippen LogP contribution in [0.25, 0.3) is 0 Å². The Bertz CT molecular complexity index is 503. The molecule has 1 aromatic rings. The molecule has 1 fully saturated rings. The van der Waals surface area contributed by atoms with Crippen LogP contribution in [0.5, 0.6) is 0 Å². The Hall–Kier alpha value is -0.720. The van der Waals surface area contributed by atoms with Gasteiger partial charge in [-0.1, -0.05) is 6.92 Å². The van der Waals surface area contributed by atoms with Crippen molar-refractivity contribution in [1.82, 2.24) is 14.3 Å². The summed E-state index contributed by atoms with van der Waals surface area (Å²) in [5.74, 6) is 0.382. The SMILES string of the molecule is CC1CC(C)N(S(=O)(=O)c2cnc(Cl)nc2)C1. The highest BCUT2D eigenvalue weighted by Gasteiger charge is 2.36. The van der Waals surface area contributed by atoms with Crippen molar-refractivity contribution in [2.75, 3.05) is 6.54 Å². The number of halogens is 1. The van der Waals surface area contributed by atoms with Gasteiger partial charge in [0.15, 0.2) is 0 Å². The van der Waals surface area contributed by atoms with Gasteiger partial charge in [0.1, 0.15) is 4.90 Å². The highest BCUT2D eigenvalue weighted by Crippen LogP contribution is 2.28. The van der Waals surface area contributed by atoms with E-state index in [-0.39, 0.29) is 16.2 Å². The molecule has 2 heterocycles. The minimum absolute atomic E-state index is 0.0191. The van der Waals surface area contributed by atoms with Gasteiger partial charge in [-0.15, -0.1) is 0 Å². The molecule has 17 heavy (non-hydrogen) atoms. The summed E-state index contributed by atoms with van der Waals surface area (Å²) < 4.78 is 26.1. The van der Waals surface area contributed by atoms with E-state index in [2.05, 4.69) is 9.97 Å². The van der Waals surface area contributed by atoms with E-state index in [0.29, 0.717) is 12.5 Å². The summed E-state index contributed by atoms with van der Waals surface area (Å²) in [5, 5.41) is 0.0480. The molecular weight excluding hydrogens is 262 g/mol. The largest absolute Gasteiger partial charge is 0.246 e. The Morgan fingerprint density at radius 3 is 2.41 bits per heavy atom. The molecule has 0 amide bonds. The second-order valence-corrected chi connectivity index (χ2v) is 6.68. The Labute approximate surface area is 106 Å². The zero-order chi connectivity index (χ0) is 12.6. The van der Waals surface area contributed by atoms with Crippen molar-refractivity contribution < 1.29 is 8.42 Å². The van der Waals surface area contributed by atoms with Gasteiger partial charge in [0.25, 0.3) is 0 Å². The van der Waals surface area contributed by atoms with E-state index in [1.165, 1.54) is 16.7 Å². The Balaban J connectivity index is 2.33. The van der Waals surface area contributed by atoms with Gasteiger partial charge >= 0.3 is 0 Å². The first-order chi connectivity index (χ1) is 7.91. The summed E-state index contributed by atoms with van der Waals surface area (Å²) in [6.45, 7) is 4.51. The van der Waals surface area contributed by atoms with E-state index in [4.69, 9.17) is 11.6 Å². The summed E-state index contributed by atoms with van der Waals surface area (Å²) >= 11 is 5.54. The monoisotopic (exact) mass is 275 g/mol. The van der Waals surface area contributed by atoms with Crippen LogP contribution in [0.4, 0.5) is 0 Å². The van der Waals surface area contributed by atoms with Crippen molar-refractivity contribution in [1.29, 1.82) is 0 Å². The molecule has 0 aromatic carbocycles. The molecular formula is C10H14ClN3O2S. The van der Waals surface area contributed by atoms with Crippen LogP contribution in [0.3, 0.4) is 0 Å². The lowest BCUT2D eigenvalue weighted by atomic mass is 10.1. The van der Waals surface area contributed by atoms with Crippen LogP contribution < -0.4 is 0 Å². The molecule has 2 unspecified atom stereocenters. The minimum atomic E-state index is -3.49. The number of hydrogen-bond acceptors (Lipinski definition) is 4. The standard InChI is InChI=1S/C10H14ClN3O2S/c1-7-3-8(2)14(6-7)17(15,16)9-4-12-10(11)13-5-9/h4-5,7-8H,3,6H2,1-2H3. The van der Waals surface area contributed by atoms with Gasteiger partial charge < -0.3 is 0 Å². The normalized spacial score (nSPS) is 26.3. The summed E-state index contributed by atoms with van der Waals surface area (Å²) in [7, 11) is -3.49. The zero-order valence-electron chi connectivity index (χ0n) is 9.67. The molecule has 0 N–H and O–H groups in total. The first kappa shape index (κ1) is 12.7. The molecule has 0 bridgehead atoms. The first-order valence-corrected chi connectivity index (χ1v) is 7.22. The van der Waals surface area contributed by atoms with Crippen molar-refractivity contribution in [2.24, 2.45) is 5.92 Å². The Kier molecular flexibility index (Phi) is 3.38. The van der Waals surface area contributed by atoms with E-state index in [9.17, 15) is 8.42 Å². The lowest BCUT2D eigenvalue weighted by Gasteiger charge is -2.20. The third kappa shape index (κ3) is 2.43. The van der Waals surface area contributed by atoms with Crippen LogP contribution in [0.2, 0.25) is 5.28 Å². The fraction of sp³-hybridized carbons (Fsp3) is 0.600. The number of nitrogens with zero attached hydrogens (tertiary/aromatic N) is 3. The maximum atomic E-state index is 12.3. The maximum absolute atomic E-state index is 12.3. The second-order valence-electron chi connectivity index (χ2n) is 4.45. The predicted octanol–water partition coefficient (Wildman–Crippen LogP) is 1.55. The average Bonchev–Trinajstić information content (AvgIpc) is 2.59. The number of aromatic nitrogens is 2. The zero-order valence-corrected chi connectivity index (χ0v) is 11.2. The van der Waals surface area contributed by atoms with Gasteiger partial charge in [-0.2, -0.15) is 4.31 Å². The van der Waals surface area contributed by atoms with Crippen molar-refractivity contribution >= 4 is 21.6 Å². The van der Waals surface area contributed by atoms with Crippen molar-refractivity contribution in [3.05, 3.63) is 17.7 Å². The van der Waals surface area contributed by atoms with Gasteiger partial charge in [-0.3, -0.25) is 0 Å². The topological polar surface area (TPSA) is 63.2 Å². The fourth-order valence-electron chi connectivity index (χ4n) is 2.17. The molecule has 1 aliphatic rings. The van der Waals surface area contributed by atoms with Gasteiger partial charge in [0, 0.05) is 12.6 Å². The quantitative estimate of drug-likeness (QED) is 0.768. The molecule has 1 saturated heterocycles. The summed E-state index contributed by atoms with van der Waals surface area (Å²) in [6, 6.07) is 0.0191. The Morgan fingerprint density at radius 1 is 1.35 bits per heavy atom. The molecule has 5 nitrogen and oxygen atoms in total. The maximum Gasteiger partial charge on any atom is 0.246 e. The van der Waals surface area contributed by atoms with Crippen LogP contribution in [0.15, 0.2) is 17.3 Å². The lowest BCUT2D eigenvalue weighted by Crippen LogP contribution is -2.34. The molecule has 1 aliphatic heterocycles. The number of hydrogen-bond donors (Lipinski definition) is 0. The van der Waals surface area contributed by atoms with E-state index in [1.54, 1.807) is 0 Å². The van der Waals surface area contributed by atoms with E-state index < -0.39 is 10.0 Å². The van der Waals surface area contributed by atoms with Crippen LogP contribution in [0, 0.1) is 5.92 Å². The van der Waals surface area contributed by atoms with E-state index in [0.717, 1.165) is 6.42 Å². The molecule has 0 radical (unpaired) electrons. The van der Waals surface area contributed by atoms with Crippen LogP contribution in [-0.4, -0.2) is 35.3 Å². The average molecular weight is 276 g/mol. The highest BCUT2D eigenvalue weighted by atomic mass is 35.5. The molecule has 0 spiro atoms. The molecule has 94 valence electrons. The lowest BCUT2D eigenvalue weighted by molar-refractivity contribution is 0.405. The summed E-state index contributed by atoms with van der Waals surface area (Å²) in [5.41, 5.74) is 0. The van der Waals surface area contributed by atoms with Gasteiger partial charge in [-0.05, 0) is 30.9 Å². The number of rotatable bonds is 2. The first-order valence-electron chi connectivity index (χ1n) is 5.40. The third-order valence-corrected chi connectivity index (χ3v) is 5.06. The summed E-state index contributed by atoms with van der Waals surface area (Å²) in [4.78, 5) is 7.52. The van der Waals surface area contributed by atoms with Gasteiger partial charge in [0.05, 0.1) is 12.4 Å².